The maximum atomic E-state index is 11.8. The van der Waals surface area contributed by atoms with Crippen molar-refractivity contribution in [1.82, 2.24) is 0 Å². The molecule has 34 heavy (non-hydrogen) atoms. The van der Waals surface area contributed by atoms with Crippen LogP contribution in [0.3, 0.4) is 0 Å². The molecule has 0 saturated carbocycles. The predicted octanol–water partition coefficient (Wildman–Crippen LogP) is 10.4. The van der Waals surface area contributed by atoms with E-state index in [2.05, 4.69) is 78.8 Å². The number of carboxylic acid groups (broad SMARTS) is 1. The van der Waals surface area contributed by atoms with Gasteiger partial charge < -0.3 is 0 Å². The molecule has 3 heteroatoms. The van der Waals surface area contributed by atoms with Gasteiger partial charge in [0.25, 0.3) is 0 Å². The molecular weight excluding hydrogens is 523 g/mol. The van der Waals surface area contributed by atoms with Crippen molar-refractivity contribution in [2.75, 3.05) is 0 Å². The second-order valence-electron chi connectivity index (χ2n) is 10.3. The van der Waals surface area contributed by atoms with Gasteiger partial charge in [-0.05, 0) is 13.8 Å². The van der Waals surface area contributed by atoms with E-state index in [0.717, 1.165) is 25.7 Å². The molecule has 0 heterocycles. The molecule has 0 fully saturated rings. The molecule has 0 amide bonds. The van der Waals surface area contributed by atoms with Crippen LogP contribution in [0.5, 0.6) is 0 Å². The second-order valence-corrected chi connectivity index (χ2v) is 23.5. The Balaban J connectivity index is 5.49. The van der Waals surface area contributed by atoms with Crippen LogP contribution in [0.15, 0.2) is 56.8 Å². The molecule has 0 aromatic rings. The molecule has 0 rings (SSSR count). The van der Waals surface area contributed by atoms with E-state index in [-0.39, 0.29) is 0 Å². The van der Waals surface area contributed by atoms with E-state index in [1.165, 1.54) is 72.1 Å². The number of carboxylic acids is 1. The summed E-state index contributed by atoms with van der Waals surface area (Å²) >= 11 is -2.76. The van der Waals surface area contributed by atoms with Crippen LogP contribution in [0, 0.1) is 0 Å². The maximum absolute atomic E-state index is 11.8. The number of hydrogen-bond donors (Lipinski definition) is 1. The molecule has 2 nitrogen and oxygen atoms in total. The van der Waals surface area contributed by atoms with Gasteiger partial charge in [0.1, 0.15) is 0 Å². The molecule has 1 N–H and O–H groups in total. The topological polar surface area (TPSA) is 37.3 Å². The van der Waals surface area contributed by atoms with Crippen molar-refractivity contribution in [2.24, 2.45) is 0 Å². The molecule has 194 valence electrons. The number of carbonyl (C=O) groups is 1. The molecule has 0 aliphatic rings. The molecular formula is C31H54O2Sn. The van der Waals surface area contributed by atoms with Crippen LogP contribution in [-0.4, -0.2) is 29.5 Å². The summed E-state index contributed by atoms with van der Waals surface area (Å²) in [7, 11) is 0. The minimum absolute atomic E-state index is 0.778. The predicted molar refractivity (Wildman–Crippen MR) is 155 cm³/mol. The summed E-state index contributed by atoms with van der Waals surface area (Å²) in [5, 5.41) is 9.69. The van der Waals surface area contributed by atoms with E-state index in [9.17, 15) is 9.90 Å². The van der Waals surface area contributed by atoms with E-state index >= 15 is 0 Å². The SMILES string of the molecule is CCC[CH2][Sn]([CH2]CCC)([CH2]CCC)[C](/C=C/C=C(\C)CC/C=C(\C)CCC=C(C)C)=C/C(=O)O. The molecule has 0 spiro atoms. The molecule has 0 bridgehead atoms. The van der Waals surface area contributed by atoms with Gasteiger partial charge in [-0.3, -0.25) is 0 Å². The second kappa shape index (κ2) is 20.2. The molecule has 0 radical (unpaired) electrons. The third-order valence-electron chi connectivity index (χ3n) is 6.70. The van der Waals surface area contributed by atoms with Crippen molar-refractivity contribution in [3.05, 3.63) is 56.8 Å². The first kappa shape index (κ1) is 33.0. The van der Waals surface area contributed by atoms with Gasteiger partial charge in [-0.1, -0.05) is 5.57 Å². The van der Waals surface area contributed by atoms with Crippen LogP contribution in [-0.2, 0) is 4.79 Å². The Morgan fingerprint density at radius 3 is 1.74 bits per heavy atom. The van der Waals surface area contributed by atoms with Gasteiger partial charge in [-0.2, -0.15) is 0 Å². The standard InChI is InChI=1S/C19H27O2.3C4H9.Sn/c1-16(2)10-8-12-18(4)14-9-13-17(3)11-6-5-7-15-19(20)21;3*1-3-4-2;/h5-6,10-11,14-15H,8-9,12-13H2,1-4H3,(H,20,21);3*1,3-4H2,2H3;/b6-5+,15-7?,17-11+,18-14+;;;;. The van der Waals surface area contributed by atoms with Gasteiger partial charge in [-0.15, -0.1) is 0 Å². The van der Waals surface area contributed by atoms with Crippen molar-refractivity contribution in [3.8, 4) is 0 Å². The first-order valence-corrected chi connectivity index (χ1v) is 21.3. The van der Waals surface area contributed by atoms with Crippen LogP contribution < -0.4 is 0 Å². The average Bonchev–Trinajstić information content (AvgIpc) is 2.77. The molecule has 0 unspecified atom stereocenters. The van der Waals surface area contributed by atoms with Gasteiger partial charge in [0.05, 0.1) is 0 Å². The number of unbranched alkanes of at least 4 members (excludes halogenated alkanes) is 3. The van der Waals surface area contributed by atoms with Crippen molar-refractivity contribution in [2.45, 2.75) is 126 Å². The molecule has 0 aliphatic carbocycles. The summed E-state index contributed by atoms with van der Waals surface area (Å²) in [5.41, 5.74) is 4.22. The third kappa shape index (κ3) is 15.8. The number of aliphatic carboxylic acids is 1. The zero-order chi connectivity index (χ0) is 25.8. The van der Waals surface area contributed by atoms with Crippen molar-refractivity contribution in [3.63, 3.8) is 0 Å². The first-order valence-electron chi connectivity index (χ1n) is 13.8. The fourth-order valence-electron chi connectivity index (χ4n) is 4.50. The van der Waals surface area contributed by atoms with Crippen LogP contribution >= 0.6 is 0 Å². The van der Waals surface area contributed by atoms with Gasteiger partial charge in [-0.25, -0.2) is 0 Å². The summed E-state index contributed by atoms with van der Waals surface area (Å²) in [6.07, 6.45) is 24.5. The van der Waals surface area contributed by atoms with Crippen molar-refractivity contribution < 1.29 is 9.90 Å². The summed E-state index contributed by atoms with van der Waals surface area (Å²) < 4.78 is 5.08. The Bertz CT molecular complexity index is 696. The Morgan fingerprint density at radius 2 is 1.26 bits per heavy atom. The van der Waals surface area contributed by atoms with Crippen LogP contribution in [0.25, 0.3) is 0 Å². The van der Waals surface area contributed by atoms with Crippen LogP contribution in [0.1, 0.15) is 113 Å². The van der Waals surface area contributed by atoms with Gasteiger partial charge >= 0.3 is 198 Å². The zero-order valence-corrected chi connectivity index (χ0v) is 26.4. The normalized spacial score (nSPS) is 13.6. The Hall–Kier alpha value is -1.03. The average molecular weight is 577 g/mol. The number of rotatable bonds is 19. The van der Waals surface area contributed by atoms with E-state index in [0.29, 0.717) is 0 Å². The first-order chi connectivity index (χ1) is 16.2. The minimum atomic E-state index is -2.76. The van der Waals surface area contributed by atoms with Gasteiger partial charge in [0.2, 0.25) is 0 Å². The molecule has 0 atom stereocenters. The molecule has 0 saturated heterocycles. The third-order valence-corrected chi connectivity index (χ3v) is 22.3. The summed E-state index contributed by atoms with van der Waals surface area (Å²) in [5.74, 6) is -0.778. The monoisotopic (exact) mass is 578 g/mol. The fraction of sp³-hybridized carbons (Fsp3) is 0.645. The van der Waals surface area contributed by atoms with Crippen molar-refractivity contribution >= 4 is 24.3 Å². The van der Waals surface area contributed by atoms with Gasteiger partial charge in [0, 0.05) is 0 Å². The Morgan fingerprint density at radius 1 is 0.765 bits per heavy atom. The van der Waals surface area contributed by atoms with Gasteiger partial charge in [0.15, 0.2) is 0 Å². The number of hydrogen-bond acceptors (Lipinski definition) is 1. The Kier molecular flexibility index (Phi) is 19.6. The molecule has 0 aliphatic heterocycles. The summed E-state index contributed by atoms with van der Waals surface area (Å²) in [6, 6.07) is 0. The van der Waals surface area contributed by atoms with Crippen LogP contribution in [0.2, 0.25) is 13.3 Å². The zero-order valence-electron chi connectivity index (χ0n) is 23.5. The fourth-order valence-corrected chi connectivity index (χ4v) is 20.4. The summed E-state index contributed by atoms with van der Waals surface area (Å²) in [6.45, 7) is 15.5. The van der Waals surface area contributed by atoms with Crippen molar-refractivity contribution in [1.29, 1.82) is 0 Å². The van der Waals surface area contributed by atoms with E-state index in [1.807, 2.05) is 0 Å². The quantitative estimate of drug-likeness (QED) is 0.0718. The van der Waals surface area contributed by atoms with E-state index in [1.54, 1.807) is 6.08 Å². The number of allylic oxidation sites excluding steroid dienone is 9. The van der Waals surface area contributed by atoms with E-state index < -0.39 is 24.3 Å². The molecule has 0 aromatic heterocycles. The molecule has 0 aromatic carbocycles. The Labute approximate surface area is 216 Å². The van der Waals surface area contributed by atoms with Crippen LogP contribution in [0.4, 0.5) is 0 Å². The van der Waals surface area contributed by atoms with E-state index in [4.69, 9.17) is 0 Å². The summed E-state index contributed by atoms with van der Waals surface area (Å²) in [4.78, 5) is 11.8.